The predicted octanol–water partition coefficient (Wildman–Crippen LogP) is 6.97. The summed E-state index contributed by atoms with van der Waals surface area (Å²) in [6, 6.07) is 33.7. The van der Waals surface area contributed by atoms with Crippen molar-refractivity contribution in [2.24, 2.45) is 0 Å². The second-order valence-electron chi connectivity index (χ2n) is 9.04. The number of rotatable bonds is 6. The minimum Gasteiger partial charge on any atom is -0.352 e. The average Bonchev–Trinajstić information content (AvgIpc) is 3.53. The van der Waals surface area contributed by atoms with Gasteiger partial charge >= 0.3 is 0 Å². The number of aromatic amines is 2. The van der Waals surface area contributed by atoms with Crippen molar-refractivity contribution >= 4 is 55.5 Å². The number of imidazole rings is 2. The van der Waals surface area contributed by atoms with E-state index >= 15 is 0 Å². The van der Waals surface area contributed by atoms with Crippen LogP contribution in [0.15, 0.2) is 97.1 Å². The summed E-state index contributed by atoms with van der Waals surface area (Å²) < 4.78 is 0. The Balaban J connectivity index is 1.20. The van der Waals surface area contributed by atoms with Gasteiger partial charge in [0.25, 0.3) is 0 Å². The Labute approximate surface area is 207 Å². The van der Waals surface area contributed by atoms with E-state index in [0.29, 0.717) is 13.1 Å². The first kappa shape index (κ1) is 20.5. The number of para-hydroxylation sites is 4. The van der Waals surface area contributed by atoms with Gasteiger partial charge in [0.15, 0.2) is 0 Å². The molecule has 0 radical (unpaired) electrons. The van der Waals surface area contributed by atoms with E-state index in [1.54, 1.807) is 0 Å². The van der Waals surface area contributed by atoms with Crippen molar-refractivity contribution in [2.75, 3.05) is 10.6 Å². The van der Waals surface area contributed by atoms with Crippen LogP contribution < -0.4 is 10.6 Å². The lowest BCUT2D eigenvalue weighted by Crippen LogP contribution is -2.03. The molecule has 0 aliphatic rings. The monoisotopic (exact) mass is 468 g/mol. The molecule has 0 aliphatic carbocycles. The fourth-order valence-electron chi connectivity index (χ4n) is 4.92. The normalized spacial score (nSPS) is 11.6. The van der Waals surface area contributed by atoms with Gasteiger partial charge in [-0.15, -0.1) is 0 Å². The number of benzene rings is 5. The van der Waals surface area contributed by atoms with Gasteiger partial charge in [0.2, 0.25) is 11.9 Å². The number of hydrogen-bond donors (Lipinski definition) is 4. The number of anilines is 2. The smallest absolute Gasteiger partial charge is 0.201 e. The maximum absolute atomic E-state index is 4.66. The van der Waals surface area contributed by atoms with Gasteiger partial charge in [0.1, 0.15) is 0 Å². The van der Waals surface area contributed by atoms with E-state index in [1.165, 1.54) is 32.7 Å². The predicted molar refractivity (Wildman–Crippen MR) is 148 cm³/mol. The van der Waals surface area contributed by atoms with Crippen molar-refractivity contribution in [1.82, 2.24) is 19.9 Å². The Bertz CT molecular complexity index is 1660. The number of H-pyrrole nitrogens is 2. The molecule has 0 saturated carbocycles. The van der Waals surface area contributed by atoms with Crippen LogP contribution in [0.3, 0.4) is 0 Å². The molecule has 6 nitrogen and oxygen atoms in total. The minimum atomic E-state index is 0.683. The van der Waals surface area contributed by atoms with Crippen molar-refractivity contribution in [3.05, 3.63) is 108 Å². The van der Waals surface area contributed by atoms with Crippen LogP contribution in [0.2, 0.25) is 0 Å². The summed E-state index contributed by atoms with van der Waals surface area (Å²) in [6.45, 7) is 1.37. The first-order valence-corrected chi connectivity index (χ1v) is 12.1. The summed E-state index contributed by atoms with van der Waals surface area (Å²) in [5.41, 5.74) is 6.46. The SMILES string of the molecule is c1cc(CNc2nc3ccccc3[nH]2)c2cc3c(CNc4nc5ccccc5[nH]4)cccc3cc2c1. The summed E-state index contributed by atoms with van der Waals surface area (Å²) >= 11 is 0. The molecule has 0 bridgehead atoms. The quantitative estimate of drug-likeness (QED) is 0.199. The van der Waals surface area contributed by atoms with Gasteiger partial charge in [-0.1, -0.05) is 60.7 Å². The molecule has 0 fully saturated rings. The molecule has 7 aromatic rings. The number of fused-ring (bicyclic) bond motifs is 4. The van der Waals surface area contributed by atoms with E-state index in [0.717, 1.165) is 34.0 Å². The zero-order valence-corrected chi connectivity index (χ0v) is 19.5. The molecule has 5 aromatic carbocycles. The van der Waals surface area contributed by atoms with Gasteiger partial charge < -0.3 is 20.6 Å². The van der Waals surface area contributed by atoms with Crippen LogP contribution in [-0.4, -0.2) is 19.9 Å². The van der Waals surface area contributed by atoms with E-state index in [4.69, 9.17) is 0 Å². The summed E-state index contributed by atoms with van der Waals surface area (Å²) in [4.78, 5) is 16.0. The van der Waals surface area contributed by atoms with Crippen molar-refractivity contribution in [3.8, 4) is 0 Å². The zero-order chi connectivity index (χ0) is 23.9. The van der Waals surface area contributed by atoms with Gasteiger partial charge in [-0.2, -0.15) is 0 Å². The van der Waals surface area contributed by atoms with Crippen LogP contribution in [0.5, 0.6) is 0 Å². The largest absolute Gasteiger partial charge is 0.352 e. The van der Waals surface area contributed by atoms with Crippen molar-refractivity contribution in [3.63, 3.8) is 0 Å². The summed E-state index contributed by atoms with van der Waals surface area (Å²) in [6.07, 6.45) is 0. The fourth-order valence-corrected chi connectivity index (χ4v) is 4.92. The van der Waals surface area contributed by atoms with Gasteiger partial charge in [-0.3, -0.25) is 0 Å². The van der Waals surface area contributed by atoms with Crippen molar-refractivity contribution in [2.45, 2.75) is 13.1 Å². The van der Waals surface area contributed by atoms with Crippen LogP contribution in [-0.2, 0) is 13.1 Å². The zero-order valence-electron chi connectivity index (χ0n) is 19.5. The molecule has 36 heavy (non-hydrogen) atoms. The maximum atomic E-state index is 4.66. The van der Waals surface area contributed by atoms with Crippen molar-refractivity contribution < 1.29 is 0 Å². The van der Waals surface area contributed by atoms with E-state index in [9.17, 15) is 0 Å². The van der Waals surface area contributed by atoms with E-state index < -0.39 is 0 Å². The molecule has 0 atom stereocenters. The Morgan fingerprint density at radius 1 is 0.528 bits per heavy atom. The topological polar surface area (TPSA) is 81.4 Å². The van der Waals surface area contributed by atoms with E-state index in [1.807, 2.05) is 48.5 Å². The fraction of sp³-hybridized carbons (Fsp3) is 0.0667. The first-order chi connectivity index (χ1) is 17.8. The molecule has 0 unspecified atom stereocenters. The van der Waals surface area contributed by atoms with Crippen LogP contribution in [0.4, 0.5) is 11.9 Å². The molecule has 174 valence electrons. The minimum absolute atomic E-state index is 0.683. The molecule has 4 N–H and O–H groups in total. The summed E-state index contributed by atoms with van der Waals surface area (Å²) in [5.74, 6) is 1.56. The molecular formula is C30H24N6. The van der Waals surface area contributed by atoms with E-state index in [-0.39, 0.29) is 0 Å². The molecule has 0 aliphatic heterocycles. The second-order valence-corrected chi connectivity index (χ2v) is 9.04. The van der Waals surface area contributed by atoms with Crippen LogP contribution >= 0.6 is 0 Å². The van der Waals surface area contributed by atoms with Crippen LogP contribution in [0.25, 0.3) is 43.6 Å². The third-order valence-corrected chi connectivity index (χ3v) is 6.73. The lowest BCUT2D eigenvalue weighted by Gasteiger charge is -2.12. The molecule has 2 aromatic heterocycles. The van der Waals surface area contributed by atoms with Crippen LogP contribution in [0, 0.1) is 0 Å². The van der Waals surface area contributed by atoms with Gasteiger partial charge in [-0.05, 0) is 69.1 Å². The summed E-state index contributed by atoms with van der Waals surface area (Å²) in [7, 11) is 0. The number of aromatic nitrogens is 4. The molecule has 0 saturated heterocycles. The molecule has 7 rings (SSSR count). The molecule has 0 amide bonds. The van der Waals surface area contributed by atoms with Gasteiger partial charge in [0.05, 0.1) is 22.1 Å². The Morgan fingerprint density at radius 3 is 1.53 bits per heavy atom. The number of nitrogens with zero attached hydrogens (tertiary/aromatic N) is 2. The highest BCUT2D eigenvalue weighted by Crippen LogP contribution is 2.29. The van der Waals surface area contributed by atoms with Crippen molar-refractivity contribution in [1.29, 1.82) is 0 Å². The molecular weight excluding hydrogens is 444 g/mol. The second kappa shape index (κ2) is 8.43. The number of nitrogens with one attached hydrogen (secondary N) is 4. The molecule has 2 heterocycles. The lowest BCUT2D eigenvalue weighted by molar-refractivity contribution is 1.11. The molecule has 6 heteroatoms. The highest BCUT2D eigenvalue weighted by Gasteiger charge is 2.09. The standard InChI is InChI=1S/C30H24N6/c1-2-12-26-25(11-1)33-29(34-26)31-17-21-9-5-7-19-15-20-8-6-10-22(24(20)16-23(19)21)18-32-30-35-27-13-3-4-14-28(27)36-30/h1-16H,17-18H2,(H2,31,33,34)(H2,32,35,36). The number of hydrogen-bond acceptors (Lipinski definition) is 4. The first-order valence-electron chi connectivity index (χ1n) is 12.1. The Morgan fingerprint density at radius 2 is 1.03 bits per heavy atom. The Hall–Kier alpha value is -4.84. The lowest BCUT2D eigenvalue weighted by atomic mass is 9.97. The third kappa shape index (κ3) is 3.69. The molecule has 0 spiro atoms. The maximum Gasteiger partial charge on any atom is 0.201 e. The van der Waals surface area contributed by atoms with Gasteiger partial charge in [0, 0.05) is 13.1 Å². The van der Waals surface area contributed by atoms with Gasteiger partial charge in [-0.25, -0.2) is 9.97 Å². The van der Waals surface area contributed by atoms with Crippen LogP contribution in [0.1, 0.15) is 11.1 Å². The highest BCUT2D eigenvalue weighted by molar-refractivity contribution is 6.01. The third-order valence-electron chi connectivity index (χ3n) is 6.73. The van der Waals surface area contributed by atoms with E-state index in [2.05, 4.69) is 79.1 Å². The summed E-state index contributed by atoms with van der Waals surface area (Å²) in [5, 5.41) is 11.9. The highest BCUT2D eigenvalue weighted by atomic mass is 15.1. The average molecular weight is 469 g/mol. The Kier molecular flexibility index (Phi) is 4.81.